The van der Waals surface area contributed by atoms with E-state index in [2.05, 4.69) is 16.7 Å². The lowest BCUT2D eigenvalue weighted by Gasteiger charge is -2.30. The number of amides is 1. The van der Waals surface area contributed by atoms with E-state index in [0.29, 0.717) is 23.6 Å². The van der Waals surface area contributed by atoms with Crippen molar-refractivity contribution < 1.29 is 9.18 Å². The van der Waals surface area contributed by atoms with E-state index in [0.717, 1.165) is 42.7 Å². The Kier molecular flexibility index (Phi) is 5.75. The quantitative estimate of drug-likeness (QED) is 0.536. The van der Waals surface area contributed by atoms with E-state index < -0.39 is 0 Å². The van der Waals surface area contributed by atoms with Crippen LogP contribution in [-0.2, 0) is 13.1 Å². The van der Waals surface area contributed by atoms with E-state index in [-0.39, 0.29) is 18.3 Å². The molecule has 2 aliphatic heterocycles. The summed E-state index contributed by atoms with van der Waals surface area (Å²) in [5.41, 5.74) is 3.66. The van der Waals surface area contributed by atoms with Crippen LogP contribution in [0.3, 0.4) is 0 Å². The van der Waals surface area contributed by atoms with Crippen molar-refractivity contribution in [3.63, 3.8) is 0 Å². The number of carbonyl (C=O) groups is 1. The number of hydrogen-bond donors (Lipinski definition) is 0. The monoisotopic (exact) mass is 424 g/mol. The molecule has 5 rings (SSSR count). The van der Waals surface area contributed by atoms with Gasteiger partial charge in [-0.25, -0.2) is 4.39 Å². The van der Waals surface area contributed by atoms with Gasteiger partial charge in [-0.05, 0) is 61.3 Å². The number of carbonyl (C=O) groups excluding carboxylic acids is 1. The fourth-order valence-electron chi connectivity index (χ4n) is 4.61. The molecule has 3 aromatic carbocycles. The van der Waals surface area contributed by atoms with Gasteiger partial charge in [-0.1, -0.05) is 48.2 Å². The maximum absolute atomic E-state index is 14.9. The van der Waals surface area contributed by atoms with E-state index in [1.807, 2.05) is 66.7 Å². The van der Waals surface area contributed by atoms with Gasteiger partial charge >= 0.3 is 0 Å². The number of anilines is 1. The summed E-state index contributed by atoms with van der Waals surface area (Å²) in [6.07, 6.45) is 2.15. The highest BCUT2D eigenvalue weighted by Crippen LogP contribution is 2.31. The molecule has 1 atom stereocenters. The summed E-state index contributed by atoms with van der Waals surface area (Å²) in [5, 5.41) is 0. The second-order valence-electron chi connectivity index (χ2n) is 8.54. The van der Waals surface area contributed by atoms with Gasteiger partial charge in [0, 0.05) is 41.4 Å². The van der Waals surface area contributed by atoms with Gasteiger partial charge in [-0.15, -0.1) is 0 Å². The molecule has 3 nitrogen and oxygen atoms in total. The third-order valence-corrected chi connectivity index (χ3v) is 6.22. The van der Waals surface area contributed by atoms with Crippen molar-refractivity contribution in [1.29, 1.82) is 0 Å². The minimum Gasteiger partial charge on any atom is -0.304 e. The molecule has 2 heterocycles. The van der Waals surface area contributed by atoms with Crippen molar-refractivity contribution in [1.82, 2.24) is 4.90 Å². The number of likely N-dealkylation sites (tertiary alicyclic amines) is 1. The maximum atomic E-state index is 14.9. The average molecular weight is 425 g/mol. The largest absolute Gasteiger partial charge is 0.304 e. The molecule has 160 valence electrons. The van der Waals surface area contributed by atoms with Gasteiger partial charge in [-0.3, -0.25) is 9.69 Å². The summed E-state index contributed by atoms with van der Waals surface area (Å²) in [7, 11) is 0. The highest BCUT2D eigenvalue weighted by atomic mass is 19.1. The fraction of sp³-hybridized carbons (Fsp3) is 0.250. The Balaban J connectivity index is 1.30. The van der Waals surface area contributed by atoms with Gasteiger partial charge in [0.25, 0.3) is 5.91 Å². The van der Waals surface area contributed by atoms with Gasteiger partial charge in [0.2, 0.25) is 0 Å². The van der Waals surface area contributed by atoms with Gasteiger partial charge in [0.05, 0.1) is 6.54 Å². The summed E-state index contributed by atoms with van der Waals surface area (Å²) in [6, 6.07) is 23.0. The van der Waals surface area contributed by atoms with Crippen LogP contribution >= 0.6 is 0 Å². The maximum Gasteiger partial charge on any atom is 0.259 e. The van der Waals surface area contributed by atoms with Crippen LogP contribution in [0.5, 0.6) is 0 Å². The summed E-state index contributed by atoms with van der Waals surface area (Å²) in [6.45, 7) is 2.74. The van der Waals surface area contributed by atoms with Gasteiger partial charge in [0.1, 0.15) is 5.82 Å². The molecule has 1 fully saturated rings. The lowest BCUT2D eigenvalue weighted by atomic mass is 9.97. The number of hydrogen-bond acceptors (Lipinski definition) is 2. The van der Waals surface area contributed by atoms with E-state index in [9.17, 15) is 9.18 Å². The van der Waals surface area contributed by atoms with Crippen molar-refractivity contribution in [2.24, 2.45) is 5.92 Å². The Hall–Kier alpha value is -3.42. The lowest BCUT2D eigenvalue weighted by molar-refractivity contribution is 0.0996. The molecular weight excluding hydrogens is 399 g/mol. The Bertz CT molecular complexity index is 1180. The number of benzene rings is 3. The van der Waals surface area contributed by atoms with Crippen LogP contribution in [-0.4, -0.2) is 23.9 Å². The molecule has 0 N–H and O–H groups in total. The molecule has 0 radical (unpaired) electrons. The van der Waals surface area contributed by atoms with Gasteiger partial charge in [0.15, 0.2) is 0 Å². The number of fused-ring (bicyclic) bond motifs is 1. The third-order valence-electron chi connectivity index (χ3n) is 6.22. The van der Waals surface area contributed by atoms with Crippen molar-refractivity contribution in [3.8, 4) is 11.8 Å². The molecule has 4 heteroatoms. The molecule has 0 spiro atoms. The molecular formula is C28H25FN2O. The van der Waals surface area contributed by atoms with E-state index in [1.54, 1.807) is 11.0 Å². The first-order valence-corrected chi connectivity index (χ1v) is 11.1. The Morgan fingerprint density at radius 3 is 2.53 bits per heavy atom. The van der Waals surface area contributed by atoms with Crippen LogP contribution in [0.25, 0.3) is 0 Å². The minimum atomic E-state index is -0.290. The zero-order chi connectivity index (χ0) is 21.9. The van der Waals surface area contributed by atoms with Crippen LogP contribution in [0.1, 0.15) is 39.9 Å². The molecule has 0 aromatic heterocycles. The Labute approximate surface area is 188 Å². The van der Waals surface area contributed by atoms with Crippen molar-refractivity contribution in [3.05, 3.63) is 101 Å². The highest BCUT2D eigenvalue weighted by molar-refractivity contribution is 6.10. The summed E-state index contributed by atoms with van der Waals surface area (Å²) >= 11 is 0. The zero-order valence-corrected chi connectivity index (χ0v) is 17.9. The first-order valence-electron chi connectivity index (χ1n) is 11.1. The predicted molar refractivity (Wildman–Crippen MR) is 125 cm³/mol. The number of nitrogens with zero attached hydrogens (tertiary/aromatic N) is 2. The number of rotatable bonds is 3. The number of halogens is 1. The molecule has 32 heavy (non-hydrogen) atoms. The normalized spacial score (nSPS) is 18.2. The smallest absolute Gasteiger partial charge is 0.259 e. The summed E-state index contributed by atoms with van der Waals surface area (Å²) < 4.78 is 14.9. The van der Waals surface area contributed by atoms with Crippen molar-refractivity contribution in [2.45, 2.75) is 25.9 Å². The highest BCUT2D eigenvalue weighted by Gasteiger charge is 2.31. The Morgan fingerprint density at radius 1 is 1.00 bits per heavy atom. The van der Waals surface area contributed by atoms with Crippen molar-refractivity contribution in [2.75, 3.05) is 18.0 Å². The average Bonchev–Trinajstić information content (AvgIpc) is 3.16. The van der Waals surface area contributed by atoms with E-state index in [1.165, 1.54) is 0 Å². The second-order valence-corrected chi connectivity index (χ2v) is 8.54. The number of para-hydroxylation sites is 1. The minimum absolute atomic E-state index is 0.128. The first kappa shape index (κ1) is 20.5. The molecule has 0 saturated carbocycles. The number of piperidine rings is 1. The van der Waals surface area contributed by atoms with Crippen LogP contribution < -0.4 is 4.90 Å². The molecule has 0 bridgehead atoms. The fourth-order valence-corrected chi connectivity index (χ4v) is 4.61. The third kappa shape index (κ3) is 4.30. The van der Waals surface area contributed by atoms with Crippen molar-refractivity contribution >= 4 is 11.6 Å². The molecule has 1 unspecified atom stereocenters. The van der Waals surface area contributed by atoms with Gasteiger partial charge in [-0.2, -0.15) is 0 Å². The Morgan fingerprint density at radius 2 is 1.75 bits per heavy atom. The van der Waals surface area contributed by atoms with E-state index >= 15 is 0 Å². The first-order chi connectivity index (χ1) is 15.7. The van der Waals surface area contributed by atoms with Crippen LogP contribution in [0.15, 0.2) is 72.8 Å². The van der Waals surface area contributed by atoms with Gasteiger partial charge < -0.3 is 4.90 Å². The SMILES string of the molecule is O=C1c2cc(CN3CCCC(C#Cc4ccccc4)C3)cc(F)c2CN1c1ccccc1. The molecule has 0 aliphatic carbocycles. The predicted octanol–water partition coefficient (Wildman–Crippen LogP) is 5.25. The standard InChI is InChI=1S/C28H25FN2O/c29-27-17-23(16-25-26(27)20-31(28(25)32)24-11-5-2-6-12-24)19-30-15-7-10-22(18-30)14-13-21-8-3-1-4-9-21/h1-6,8-9,11-12,16-17,22H,7,10,15,18-20H2. The molecule has 3 aromatic rings. The summed E-state index contributed by atoms with van der Waals surface area (Å²) in [4.78, 5) is 17.0. The van der Waals surface area contributed by atoms with Crippen LogP contribution in [0, 0.1) is 23.6 Å². The molecule has 1 saturated heterocycles. The van der Waals surface area contributed by atoms with Crippen LogP contribution in [0.4, 0.5) is 10.1 Å². The summed E-state index contributed by atoms with van der Waals surface area (Å²) in [5.74, 6) is 6.58. The zero-order valence-electron chi connectivity index (χ0n) is 17.9. The second kappa shape index (κ2) is 8.98. The van der Waals surface area contributed by atoms with E-state index in [4.69, 9.17) is 0 Å². The molecule has 1 amide bonds. The molecule has 2 aliphatic rings. The van der Waals surface area contributed by atoms with Crippen LogP contribution in [0.2, 0.25) is 0 Å². The lowest BCUT2D eigenvalue weighted by Crippen LogP contribution is -2.34. The topological polar surface area (TPSA) is 23.6 Å².